The fourth-order valence-corrected chi connectivity index (χ4v) is 5.99. The van der Waals surface area contributed by atoms with Crippen molar-refractivity contribution < 1.29 is 18.9 Å². The van der Waals surface area contributed by atoms with Gasteiger partial charge in [-0.3, -0.25) is 0 Å². The average molecular weight is 687 g/mol. The number of ether oxygens (including phenoxy) is 4. The van der Waals surface area contributed by atoms with Crippen molar-refractivity contribution in [3.63, 3.8) is 0 Å². The number of benzene rings is 4. The minimum absolute atomic E-state index is 0.171. The third kappa shape index (κ3) is 7.79. The monoisotopic (exact) mass is 686 g/mol. The zero-order chi connectivity index (χ0) is 29.3. The Labute approximate surface area is 266 Å². The standard InChI is InChI=1S/C36H35IN2O4/c37-32-21-39-31(26-40-22-27-13-5-1-6-14-27)33(41-23-28-15-7-2-8-16-28)34(42-24-29-17-9-3-10-18-29)35(36(39)38-32)43-25-30-19-11-4-12-20-30/h1-21,31,33-35H,22-26H2. The van der Waals surface area contributed by atoms with Gasteiger partial charge in [0.25, 0.3) is 0 Å². The molecule has 4 aromatic carbocycles. The first-order valence-electron chi connectivity index (χ1n) is 14.6. The molecule has 0 radical (unpaired) electrons. The fraction of sp³-hybridized carbons (Fsp3) is 0.250. The molecule has 4 atom stereocenters. The largest absolute Gasteiger partial charge is 0.375 e. The van der Waals surface area contributed by atoms with Crippen molar-refractivity contribution in [2.45, 2.75) is 50.8 Å². The van der Waals surface area contributed by atoms with Gasteiger partial charge in [0.1, 0.15) is 27.8 Å². The van der Waals surface area contributed by atoms with Crippen LogP contribution in [0.1, 0.15) is 40.2 Å². The van der Waals surface area contributed by atoms with Gasteiger partial charge in [-0.05, 0) is 44.8 Å². The Morgan fingerprint density at radius 1 is 0.558 bits per heavy atom. The Kier molecular flexibility index (Phi) is 10.3. The molecule has 0 fully saturated rings. The molecule has 220 valence electrons. The van der Waals surface area contributed by atoms with Crippen molar-refractivity contribution in [1.82, 2.24) is 9.55 Å². The highest BCUT2D eigenvalue weighted by atomic mass is 127. The van der Waals surface area contributed by atoms with E-state index < -0.39 is 12.2 Å². The highest BCUT2D eigenvalue weighted by Crippen LogP contribution is 2.40. The van der Waals surface area contributed by atoms with Crippen LogP contribution < -0.4 is 0 Å². The van der Waals surface area contributed by atoms with E-state index in [1.165, 1.54) is 0 Å². The molecule has 0 saturated carbocycles. The highest BCUT2D eigenvalue weighted by molar-refractivity contribution is 14.1. The summed E-state index contributed by atoms with van der Waals surface area (Å²) in [5.41, 5.74) is 4.40. The van der Waals surface area contributed by atoms with Crippen LogP contribution in [0.15, 0.2) is 128 Å². The summed E-state index contributed by atoms with van der Waals surface area (Å²) in [6.07, 6.45) is 0.831. The van der Waals surface area contributed by atoms with Crippen molar-refractivity contribution in [3.8, 4) is 0 Å². The van der Waals surface area contributed by atoms with E-state index in [1.807, 2.05) is 72.8 Å². The minimum atomic E-state index is -0.446. The Bertz CT molecular complexity index is 1530. The van der Waals surface area contributed by atoms with Gasteiger partial charge in [-0.25, -0.2) is 4.98 Å². The molecule has 1 aromatic heterocycles. The molecular formula is C36H35IN2O4. The van der Waals surface area contributed by atoms with Crippen LogP contribution in [0, 0.1) is 3.70 Å². The van der Waals surface area contributed by atoms with Crippen LogP contribution in [0.25, 0.3) is 0 Å². The van der Waals surface area contributed by atoms with Gasteiger partial charge in [0.2, 0.25) is 0 Å². The van der Waals surface area contributed by atoms with Gasteiger partial charge in [-0.2, -0.15) is 0 Å². The summed E-state index contributed by atoms with van der Waals surface area (Å²) in [6, 6.07) is 40.7. The van der Waals surface area contributed by atoms with Crippen molar-refractivity contribution in [3.05, 3.63) is 159 Å². The SMILES string of the molecule is Ic1cn2c(n1)C(OCc1ccccc1)C(OCc1ccccc1)C(OCc1ccccc1)C2COCc1ccccc1. The normalized spacial score (nSPS) is 19.7. The second kappa shape index (κ2) is 14.9. The third-order valence-corrected chi connectivity index (χ3v) is 8.11. The number of aromatic nitrogens is 2. The zero-order valence-electron chi connectivity index (χ0n) is 23.9. The molecule has 4 unspecified atom stereocenters. The quantitative estimate of drug-likeness (QED) is 0.119. The lowest BCUT2D eigenvalue weighted by Crippen LogP contribution is -2.50. The van der Waals surface area contributed by atoms with E-state index in [2.05, 4.69) is 81.9 Å². The number of hydrogen-bond donors (Lipinski definition) is 0. The van der Waals surface area contributed by atoms with Crippen LogP contribution >= 0.6 is 22.6 Å². The Morgan fingerprint density at radius 2 is 1.00 bits per heavy atom. The second-order valence-electron chi connectivity index (χ2n) is 10.6. The third-order valence-electron chi connectivity index (χ3n) is 7.59. The predicted molar refractivity (Wildman–Crippen MR) is 174 cm³/mol. The molecular weight excluding hydrogens is 651 g/mol. The van der Waals surface area contributed by atoms with Crippen LogP contribution in [0.5, 0.6) is 0 Å². The van der Waals surface area contributed by atoms with E-state index in [4.69, 9.17) is 23.9 Å². The first-order chi connectivity index (χ1) is 21.2. The molecule has 5 aromatic rings. The summed E-state index contributed by atoms with van der Waals surface area (Å²) >= 11 is 2.27. The lowest BCUT2D eigenvalue weighted by atomic mass is 9.95. The van der Waals surface area contributed by atoms with Gasteiger partial charge >= 0.3 is 0 Å². The molecule has 43 heavy (non-hydrogen) atoms. The van der Waals surface area contributed by atoms with Gasteiger partial charge in [-0.15, -0.1) is 0 Å². The number of nitrogens with zero attached hydrogens (tertiary/aromatic N) is 2. The van der Waals surface area contributed by atoms with Gasteiger partial charge in [0.05, 0.1) is 39.1 Å². The van der Waals surface area contributed by atoms with E-state index in [0.717, 1.165) is 31.8 Å². The lowest BCUT2D eigenvalue weighted by molar-refractivity contribution is -0.188. The number of halogens is 1. The van der Waals surface area contributed by atoms with E-state index in [9.17, 15) is 0 Å². The molecule has 7 heteroatoms. The molecule has 1 aliphatic rings. The molecule has 2 heterocycles. The molecule has 0 N–H and O–H groups in total. The van der Waals surface area contributed by atoms with E-state index >= 15 is 0 Å². The highest BCUT2D eigenvalue weighted by Gasteiger charge is 2.46. The lowest BCUT2D eigenvalue weighted by Gasteiger charge is -2.42. The molecule has 0 spiro atoms. The number of fused-ring (bicyclic) bond motifs is 1. The van der Waals surface area contributed by atoms with Crippen molar-refractivity contribution >= 4 is 22.6 Å². The van der Waals surface area contributed by atoms with Gasteiger partial charge in [0, 0.05) is 6.20 Å². The molecule has 6 nitrogen and oxygen atoms in total. The Morgan fingerprint density at radius 3 is 1.51 bits per heavy atom. The summed E-state index contributed by atoms with van der Waals surface area (Å²) in [4.78, 5) is 4.95. The van der Waals surface area contributed by atoms with Crippen molar-refractivity contribution in [1.29, 1.82) is 0 Å². The van der Waals surface area contributed by atoms with Crippen molar-refractivity contribution in [2.24, 2.45) is 0 Å². The molecule has 0 aliphatic carbocycles. The minimum Gasteiger partial charge on any atom is -0.375 e. The van der Waals surface area contributed by atoms with Crippen LogP contribution in [0.4, 0.5) is 0 Å². The maximum Gasteiger partial charge on any atom is 0.144 e. The van der Waals surface area contributed by atoms with E-state index in [-0.39, 0.29) is 12.1 Å². The maximum atomic E-state index is 6.80. The fourth-order valence-electron chi connectivity index (χ4n) is 5.45. The first kappa shape index (κ1) is 29.7. The van der Waals surface area contributed by atoms with Crippen LogP contribution in [0.3, 0.4) is 0 Å². The van der Waals surface area contributed by atoms with Crippen molar-refractivity contribution in [2.75, 3.05) is 6.61 Å². The smallest absolute Gasteiger partial charge is 0.144 e. The van der Waals surface area contributed by atoms with Crippen LogP contribution in [-0.2, 0) is 45.4 Å². The topological polar surface area (TPSA) is 54.7 Å². The summed E-state index contributed by atoms with van der Waals surface area (Å²) < 4.78 is 29.7. The van der Waals surface area contributed by atoms with Gasteiger partial charge in [-0.1, -0.05) is 121 Å². The summed E-state index contributed by atoms with van der Waals surface area (Å²) in [7, 11) is 0. The zero-order valence-corrected chi connectivity index (χ0v) is 26.0. The Hall–Kier alpha value is -3.34. The molecule has 0 saturated heterocycles. The van der Waals surface area contributed by atoms with Crippen LogP contribution in [0.2, 0.25) is 0 Å². The van der Waals surface area contributed by atoms with Gasteiger partial charge in [0.15, 0.2) is 0 Å². The molecule has 6 rings (SSSR count). The van der Waals surface area contributed by atoms with Gasteiger partial charge < -0.3 is 23.5 Å². The van der Waals surface area contributed by atoms with E-state index in [0.29, 0.717) is 33.0 Å². The van der Waals surface area contributed by atoms with E-state index in [1.54, 1.807) is 0 Å². The summed E-state index contributed by atoms with van der Waals surface area (Å²) in [6.45, 7) is 2.24. The van der Waals surface area contributed by atoms with Crippen LogP contribution in [-0.4, -0.2) is 28.4 Å². The number of hydrogen-bond acceptors (Lipinski definition) is 5. The Balaban J connectivity index is 1.33. The molecule has 0 bridgehead atoms. The second-order valence-corrected chi connectivity index (χ2v) is 11.7. The first-order valence-corrected chi connectivity index (χ1v) is 15.6. The average Bonchev–Trinajstić information content (AvgIpc) is 3.45. The summed E-state index contributed by atoms with van der Waals surface area (Å²) in [5, 5.41) is 0. The molecule has 1 aliphatic heterocycles. The maximum absolute atomic E-state index is 6.80. The number of imidazole rings is 1. The number of rotatable bonds is 13. The molecule has 0 amide bonds. The predicted octanol–water partition coefficient (Wildman–Crippen LogP) is 7.69. The summed E-state index contributed by atoms with van der Waals surface area (Å²) in [5.74, 6) is 0.825.